The molecule has 1 aromatic heterocycles. The quantitative estimate of drug-likeness (QED) is 0.548. The fourth-order valence-corrected chi connectivity index (χ4v) is 2.48. The van der Waals surface area contributed by atoms with Crippen LogP contribution in [0.4, 0.5) is 0 Å². The predicted octanol–water partition coefficient (Wildman–Crippen LogP) is 3.47. The van der Waals surface area contributed by atoms with E-state index in [1.165, 1.54) is 24.1 Å². The zero-order valence-corrected chi connectivity index (χ0v) is 12.7. The van der Waals surface area contributed by atoms with Gasteiger partial charge >= 0.3 is 0 Å². The van der Waals surface area contributed by atoms with E-state index in [2.05, 4.69) is 18.6 Å². The van der Waals surface area contributed by atoms with Crippen LogP contribution in [0.2, 0.25) is 0 Å². The van der Waals surface area contributed by atoms with Gasteiger partial charge in [-0.15, -0.1) is 6.58 Å². The molecule has 1 rings (SSSR count). The zero-order valence-electron chi connectivity index (χ0n) is 12.7. The molecule has 0 saturated carbocycles. The molecule has 1 aromatic rings. The van der Waals surface area contributed by atoms with Gasteiger partial charge in [0.25, 0.3) is 0 Å². The van der Waals surface area contributed by atoms with Gasteiger partial charge in [-0.3, -0.25) is 4.68 Å². The monoisotopic (exact) mass is 264 g/mol. The van der Waals surface area contributed by atoms with Crippen molar-refractivity contribution in [1.82, 2.24) is 9.78 Å². The molecular formula is C16H28N2O. The molecule has 108 valence electrons. The molecule has 0 aliphatic carbocycles. The lowest BCUT2D eigenvalue weighted by atomic mass is 10.0. The Kier molecular flexibility index (Phi) is 6.85. The summed E-state index contributed by atoms with van der Waals surface area (Å²) in [6.07, 6.45) is 9.05. The first kappa shape index (κ1) is 16.0. The van der Waals surface area contributed by atoms with Gasteiger partial charge in [-0.25, -0.2) is 0 Å². The normalized spacial score (nSPS) is 12.6. The average molecular weight is 264 g/mol. The van der Waals surface area contributed by atoms with Crippen molar-refractivity contribution in [1.29, 1.82) is 0 Å². The van der Waals surface area contributed by atoms with Crippen LogP contribution in [-0.4, -0.2) is 21.0 Å². The van der Waals surface area contributed by atoms with Crippen molar-refractivity contribution in [3.05, 3.63) is 29.6 Å². The Hall–Kier alpha value is -1.09. The van der Waals surface area contributed by atoms with Gasteiger partial charge < -0.3 is 5.11 Å². The van der Waals surface area contributed by atoms with Crippen LogP contribution in [0.15, 0.2) is 12.7 Å². The molecule has 0 aliphatic rings. The molecule has 19 heavy (non-hydrogen) atoms. The van der Waals surface area contributed by atoms with Crippen LogP contribution in [0, 0.1) is 13.8 Å². The van der Waals surface area contributed by atoms with E-state index in [1.54, 1.807) is 0 Å². The minimum Gasteiger partial charge on any atom is -0.393 e. The molecule has 0 aliphatic heterocycles. The number of aliphatic hydroxyl groups excluding tert-OH is 1. The third kappa shape index (κ3) is 5.19. The van der Waals surface area contributed by atoms with Gasteiger partial charge in [-0.1, -0.05) is 18.9 Å². The highest BCUT2D eigenvalue weighted by molar-refractivity contribution is 5.24. The molecule has 3 heteroatoms. The Morgan fingerprint density at radius 3 is 2.58 bits per heavy atom. The molecule has 1 N–H and O–H groups in total. The summed E-state index contributed by atoms with van der Waals surface area (Å²) in [6, 6.07) is 0. The summed E-state index contributed by atoms with van der Waals surface area (Å²) < 4.78 is 1.92. The summed E-state index contributed by atoms with van der Waals surface area (Å²) in [6.45, 7) is 7.86. The summed E-state index contributed by atoms with van der Waals surface area (Å²) >= 11 is 0. The van der Waals surface area contributed by atoms with Crippen LogP contribution in [0.5, 0.6) is 0 Å². The minimum absolute atomic E-state index is 0.178. The summed E-state index contributed by atoms with van der Waals surface area (Å²) in [7, 11) is 1.97. The molecule has 0 aromatic carbocycles. The van der Waals surface area contributed by atoms with Crippen molar-refractivity contribution in [3.8, 4) is 0 Å². The number of aromatic nitrogens is 2. The average Bonchev–Trinajstić information content (AvgIpc) is 2.61. The van der Waals surface area contributed by atoms with Crippen LogP contribution in [-0.2, 0) is 13.5 Å². The molecule has 0 radical (unpaired) electrons. The number of hydrogen-bond acceptors (Lipinski definition) is 2. The molecule has 3 nitrogen and oxygen atoms in total. The summed E-state index contributed by atoms with van der Waals surface area (Å²) in [5, 5.41) is 14.4. The van der Waals surface area contributed by atoms with E-state index in [1.807, 2.05) is 24.7 Å². The molecule has 0 saturated heterocycles. The number of rotatable bonds is 9. The second kappa shape index (κ2) is 8.16. The molecular weight excluding hydrogens is 236 g/mol. The van der Waals surface area contributed by atoms with Gasteiger partial charge in [-0.2, -0.15) is 5.10 Å². The molecule has 1 atom stereocenters. The van der Waals surface area contributed by atoms with E-state index < -0.39 is 0 Å². The van der Waals surface area contributed by atoms with Gasteiger partial charge in [0.2, 0.25) is 0 Å². The van der Waals surface area contributed by atoms with Crippen molar-refractivity contribution in [3.63, 3.8) is 0 Å². The summed E-state index contributed by atoms with van der Waals surface area (Å²) in [4.78, 5) is 0. The maximum Gasteiger partial charge on any atom is 0.0628 e. The number of aryl methyl sites for hydroxylation is 2. The Labute approximate surface area is 117 Å². The van der Waals surface area contributed by atoms with Crippen LogP contribution in [0.25, 0.3) is 0 Å². The Balaban J connectivity index is 2.26. The van der Waals surface area contributed by atoms with E-state index in [0.717, 1.165) is 37.8 Å². The minimum atomic E-state index is -0.178. The first-order chi connectivity index (χ1) is 9.06. The Bertz CT molecular complexity index is 396. The Morgan fingerprint density at radius 2 is 2.00 bits per heavy atom. The highest BCUT2D eigenvalue weighted by Crippen LogP contribution is 2.17. The molecule has 1 heterocycles. The van der Waals surface area contributed by atoms with Crippen molar-refractivity contribution < 1.29 is 5.11 Å². The largest absolute Gasteiger partial charge is 0.393 e. The van der Waals surface area contributed by atoms with E-state index in [4.69, 9.17) is 0 Å². The second-order valence-corrected chi connectivity index (χ2v) is 5.39. The van der Waals surface area contributed by atoms with Gasteiger partial charge in [0.1, 0.15) is 0 Å². The molecule has 1 unspecified atom stereocenters. The maximum absolute atomic E-state index is 10.0. The van der Waals surface area contributed by atoms with E-state index in [-0.39, 0.29) is 6.10 Å². The fraction of sp³-hybridized carbons (Fsp3) is 0.688. The molecule has 0 bridgehead atoms. The van der Waals surface area contributed by atoms with Crippen LogP contribution in [0.3, 0.4) is 0 Å². The van der Waals surface area contributed by atoms with Crippen molar-refractivity contribution in [2.24, 2.45) is 7.05 Å². The topological polar surface area (TPSA) is 38.1 Å². The third-order valence-electron chi connectivity index (χ3n) is 3.83. The molecule has 0 fully saturated rings. The highest BCUT2D eigenvalue weighted by atomic mass is 16.3. The van der Waals surface area contributed by atoms with Crippen LogP contribution >= 0.6 is 0 Å². The number of nitrogens with zero attached hydrogens (tertiary/aromatic N) is 2. The Morgan fingerprint density at radius 1 is 1.26 bits per heavy atom. The van der Waals surface area contributed by atoms with E-state index >= 15 is 0 Å². The first-order valence-electron chi connectivity index (χ1n) is 7.34. The molecule has 0 spiro atoms. The van der Waals surface area contributed by atoms with Crippen LogP contribution in [0.1, 0.15) is 55.5 Å². The summed E-state index contributed by atoms with van der Waals surface area (Å²) in [5.74, 6) is 0. The van der Waals surface area contributed by atoms with Gasteiger partial charge in [0.05, 0.1) is 11.8 Å². The van der Waals surface area contributed by atoms with Gasteiger partial charge in [-0.05, 0) is 51.5 Å². The number of unbranched alkanes of at least 4 members (excludes halogenated alkanes) is 3. The summed E-state index contributed by atoms with van der Waals surface area (Å²) in [5.41, 5.74) is 3.61. The van der Waals surface area contributed by atoms with Crippen molar-refractivity contribution in [2.75, 3.05) is 0 Å². The van der Waals surface area contributed by atoms with E-state index in [9.17, 15) is 5.11 Å². The third-order valence-corrected chi connectivity index (χ3v) is 3.83. The second-order valence-electron chi connectivity index (χ2n) is 5.39. The number of aliphatic hydroxyl groups is 1. The first-order valence-corrected chi connectivity index (χ1v) is 7.34. The van der Waals surface area contributed by atoms with E-state index in [0.29, 0.717) is 0 Å². The number of hydrogen-bond donors (Lipinski definition) is 1. The van der Waals surface area contributed by atoms with Crippen molar-refractivity contribution in [2.45, 2.75) is 64.9 Å². The predicted molar refractivity (Wildman–Crippen MR) is 80.3 cm³/mol. The highest BCUT2D eigenvalue weighted by Gasteiger charge is 2.11. The number of allylic oxidation sites excluding steroid dienone is 1. The van der Waals surface area contributed by atoms with Crippen molar-refractivity contribution >= 4 is 0 Å². The van der Waals surface area contributed by atoms with Gasteiger partial charge in [0.15, 0.2) is 0 Å². The van der Waals surface area contributed by atoms with Gasteiger partial charge in [0, 0.05) is 12.7 Å². The zero-order chi connectivity index (χ0) is 14.3. The lowest BCUT2D eigenvalue weighted by molar-refractivity contribution is 0.151. The standard InChI is InChI=1S/C16H28N2O/c1-5-6-7-8-9-10-15(19)11-12-16-13(2)17-18(4)14(16)3/h5,15,19H,1,6-12H2,2-4H3. The lowest BCUT2D eigenvalue weighted by Gasteiger charge is -2.10. The lowest BCUT2D eigenvalue weighted by Crippen LogP contribution is -2.08. The molecule has 0 amide bonds. The SMILES string of the molecule is C=CCCCCCC(O)CCc1c(C)nn(C)c1C. The maximum atomic E-state index is 10.0. The smallest absolute Gasteiger partial charge is 0.0628 e. The van der Waals surface area contributed by atoms with Crippen LogP contribution < -0.4 is 0 Å². The fourth-order valence-electron chi connectivity index (χ4n) is 2.48.